The molecular weight excluding hydrogens is 466 g/mol. The van der Waals surface area contributed by atoms with Crippen LogP contribution in [0.2, 0.25) is 0 Å². The van der Waals surface area contributed by atoms with E-state index in [0.717, 1.165) is 85.7 Å². The Morgan fingerprint density at radius 3 is 2.65 bits per heavy atom. The molecule has 1 aliphatic rings. The Hall–Kier alpha value is -3.59. The summed E-state index contributed by atoms with van der Waals surface area (Å²) in [6.45, 7) is 2.56. The Morgan fingerprint density at radius 1 is 1.05 bits per heavy atom. The van der Waals surface area contributed by atoms with E-state index in [1.165, 1.54) is 0 Å². The summed E-state index contributed by atoms with van der Waals surface area (Å²) in [6.07, 6.45) is 13.9. The summed E-state index contributed by atoms with van der Waals surface area (Å²) < 4.78 is 3.69. The number of aliphatic hydroxyl groups excluding tert-OH is 1. The van der Waals surface area contributed by atoms with E-state index in [4.69, 9.17) is 0 Å². The molecule has 1 fully saturated rings. The molecule has 3 heterocycles. The highest BCUT2D eigenvalue weighted by atomic mass is 16.3. The van der Waals surface area contributed by atoms with Crippen molar-refractivity contribution in [3.63, 3.8) is 0 Å². The molecule has 37 heavy (non-hydrogen) atoms. The first-order valence-corrected chi connectivity index (χ1v) is 13.4. The van der Waals surface area contributed by atoms with Gasteiger partial charge in [-0.1, -0.05) is 63.3 Å². The molecule has 0 radical (unpaired) electrons. The number of rotatable bonds is 8. The zero-order valence-corrected chi connectivity index (χ0v) is 21.4. The third kappa shape index (κ3) is 5.41. The fraction of sp³-hybridized carbons (Fsp3) is 0.464. The number of nitrogens with zero attached hydrogens (tertiary/aromatic N) is 6. The SMILES string of the molecule is CCCCc1cn(C2CCCCCCC2O)c(=O)n1Cc1cnccc1-c1ccccc1-c1nnn[nH]1. The lowest BCUT2D eigenvalue weighted by molar-refractivity contribution is 0.0868. The second kappa shape index (κ2) is 11.6. The number of aromatic amines is 1. The fourth-order valence-corrected chi connectivity index (χ4v) is 5.47. The number of aliphatic hydroxyl groups is 1. The smallest absolute Gasteiger partial charge is 0.329 e. The molecular formula is C28H35N7O2. The number of pyridine rings is 1. The molecule has 3 aromatic heterocycles. The first-order valence-electron chi connectivity index (χ1n) is 13.4. The number of aryl methyl sites for hydroxylation is 1. The largest absolute Gasteiger partial charge is 0.391 e. The second-order valence-electron chi connectivity index (χ2n) is 9.95. The van der Waals surface area contributed by atoms with E-state index >= 15 is 0 Å². The minimum Gasteiger partial charge on any atom is -0.391 e. The molecule has 9 heteroatoms. The average molecular weight is 502 g/mol. The molecule has 1 aromatic carbocycles. The van der Waals surface area contributed by atoms with Crippen LogP contribution in [-0.4, -0.2) is 46.0 Å². The van der Waals surface area contributed by atoms with Gasteiger partial charge in [0.1, 0.15) is 0 Å². The van der Waals surface area contributed by atoms with Gasteiger partial charge in [0.05, 0.1) is 18.7 Å². The fourth-order valence-electron chi connectivity index (χ4n) is 5.47. The van der Waals surface area contributed by atoms with Gasteiger partial charge in [0.2, 0.25) is 0 Å². The maximum Gasteiger partial charge on any atom is 0.329 e. The third-order valence-electron chi connectivity index (χ3n) is 7.47. The summed E-state index contributed by atoms with van der Waals surface area (Å²) >= 11 is 0. The van der Waals surface area contributed by atoms with E-state index in [1.54, 1.807) is 6.20 Å². The van der Waals surface area contributed by atoms with Gasteiger partial charge in [-0.25, -0.2) is 9.89 Å². The van der Waals surface area contributed by atoms with Crippen molar-refractivity contribution in [1.82, 2.24) is 34.7 Å². The lowest BCUT2D eigenvalue weighted by Crippen LogP contribution is -2.34. The summed E-state index contributed by atoms with van der Waals surface area (Å²) in [5.74, 6) is 0.587. The lowest BCUT2D eigenvalue weighted by Gasteiger charge is -2.25. The van der Waals surface area contributed by atoms with Gasteiger partial charge >= 0.3 is 5.69 Å². The van der Waals surface area contributed by atoms with Gasteiger partial charge in [0.15, 0.2) is 5.82 Å². The highest BCUT2D eigenvalue weighted by Gasteiger charge is 2.26. The average Bonchev–Trinajstić information content (AvgIpc) is 3.55. The van der Waals surface area contributed by atoms with Crippen molar-refractivity contribution in [2.75, 3.05) is 0 Å². The maximum absolute atomic E-state index is 13.9. The monoisotopic (exact) mass is 501 g/mol. The predicted molar refractivity (Wildman–Crippen MR) is 142 cm³/mol. The standard InChI is InChI=1S/C28H35N7O2/c1-2-3-10-21-19-35(25-13-6-4-5-7-14-26(25)36)28(37)34(21)18-20-17-29-16-15-22(20)23-11-8-9-12-24(23)27-30-32-33-31-27/h8-9,11-12,15-17,19,25-26,36H,2-7,10,13-14,18H2,1H3,(H,30,31,32,33). The van der Waals surface area contributed by atoms with Gasteiger partial charge in [0, 0.05) is 29.8 Å². The quantitative estimate of drug-likeness (QED) is 0.366. The molecule has 0 spiro atoms. The van der Waals surface area contributed by atoms with Gasteiger partial charge in [-0.15, -0.1) is 5.10 Å². The summed E-state index contributed by atoms with van der Waals surface area (Å²) in [5.41, 5.74) is 4.72. The van der Waals surface area contributed by atoms with Gasteiger partial charge in [-0.05, 0) is 58.9 Å². The number of hydrogen-bond donors (Lipinski definition) is 2. The highest BCUT2D eigenvalue weighted by molar-refractivity contribution is 5.81. The predicted octanol–water partition coefficient (Wildman–Crippen LogP) is 4.54. The van der Waals surface area contributed by atoms with E-state index in [0.29, 0.717) is 12.4 Å². The number of aromatic nitrogens is 7. The normalized spacial score (nSPS) is 18.4. The van der Waals surface area contributed by atoms with Gasteiger partial charge in [-0.2, -0.15) is 0 Å². The Balaban J connectivity index is 1.55. The Labute approximate surface area is 216 Å². The first-order chi connectivity index (χ1) is 18.2. The molecule has 0 aliphatic heterocycles. The zero-order valence-electron chi connectivity index (χ0n) is 21.4. The topological polar surface area (TPSA) is 115 Å². The maximum atomic E-state index is 13.9. The molecule has 0 amide bonds. The van der Waals surface area contributed by atoms with E-state index in [1.807, 2.05) is 51.9 Å². The Kier molecular flexibility index (Phi) is 7.89. The highest BCUT2D eigenvalue weighted by Crippen LogP contribution is 2.32. The van der Waals surface area contributed by atoms with E-state index in [-0.39, 0.29) is 11.7 Å². The van der Waals surface area contributed by atoms with Crippen LogP contribution >= 0.6 is 0 Å². The van der Waals surface area contributed by atoms with Crippen LogP contribution in [-0.2, 0) is 13.0 Å². The van der Waals surface area contributed by atoms with Crippen molar-refractivity contribution in [1.29, 1.82) is 0 Å². The molecule has 0 saturated heterocycles. The molecule has 2 unspecified atom stereocenters. The Bertz CT molecular complexity index is 1360. The van der Waals surface area contributed by atoms with Crippen LogP contribution < -0.4 is 5.69 Å². The number of nitrogens with one attached hydrogen (secondary N) is 1. The summed E-state index contributed by atoms with van der Waals surface area (Å²) in [6, 6.07) is 9.75. The van der Waals surface area contributed by atoms with Crippen LogP contribution in [0, 0.1) is 0 Å². The molecule has 4 aromatic rings. The molecule has 2 atom stereocenters. The van der Waals surface area contributed by atoms with Crippen LogP contribution in [0.1, 0.15) is 75.6 Å². The van der Waals surface area contributed by atoms with E-state index < -0.39 is 6.10 Å². The van der Waals surface area contributed by atoms with Crippen molar-refractivity contribution in [2.45, 2.75) is 83.4 Å². The van der Waals surface area contributed by atoms with Crippen LogP contribution in [0.4, 0.5) is 0 Å². The van der Waals surface area contributed by atoms with Crippen molar-refractivity contribution in [3.05, 3.63) is 70.7 Å². The summed E-state index contributed by atoms with van der Waals surface area (Å²) in [7, 11) is 0. The minimum absolute atomic E-state index is 0.0572. The molecule has 5 rings (SSSR count). The van der Waals surface area contributed by atoms with Gasteiger partial charge in [-0.3, -0.25) is 14.1 Å². The van der Waals surface area contributed by atoms with Crippen LogP contribution in [0.3, 0.4) is 0 Å². The van der Waals surface area contributed by atoms with Crippen molar-refractivity contribution >= 4 is 0 Å². The molecule has 1 saturated carbocycles. The van der Waals surface area contributed by atoms with E-state index in [9.17, 15) is 9.90 Å². The Morgan fingerprint density at radius 2 is 1.86 bits per heavy atom. The zero-order chi connectivity index (χ0) is 25.6. The first kappa shape index (κ1) is 25.1. The molecule has 2 N–H and O–H groups in total. The van der Waals surface area contributed by atoms with Crippen molar-refractivity contribution in [2.24, 2.45) is 0 Å². The second-order valence-corrected chi connectivity index (χ2v) is 9.95. The molecule has 9 nitrogen and oxygen atoms in total. The number of unbranched alkanes of at least 4 members (excludes halogenated alkanes) is 1. The number of H-pyrrole nitrogens is 1. The number of imidazole rings is 1. The van der Waals surface area contributed by atoms with Crippen LogP contribution in [0.15, 0.2) is 53.7 Å². The lowest BCUT2D eigenvalue weighted by atomic mass is 9.94. The van der Waals surface area contributed by atoms with Gasteiger partial charge < -0.3 is 5.11 Å². The summed E-state index contributed by atoms with van der Waals surface area (Å²) in [5, 5.41) is 25.4. The third-order valence-corrected chi connectivity index (χ3v) is 7.47. The van der Waals surface area contributed by atoms with Gasteiger partial charge in [0.25, 0.3) is 0 Å². The number of tetrazole rings is 1. The van der Waals surface area contributed by atoms with E-state index in [2.05, 4.69) is 32.5 Å². The van der Waals surface area contributed by atoms with Crippen molar-refractivity contribution in [3.8, 4) is 22.5 Å². The van der Waals surface area contributed by atoms with Crippen molar-refractivity contribution < 1.29 is 5.11 Å². The molecule has 194 valence electrons. The minimum atomic E-state index is -0.496. The van der Waals surface area contributed by atoms with Crippen LogP contribution in [0.5, 0.6) is 0 Å². The number of benzene rings is 1. The van der Waals surface area contributed by atoms with Crippen LogP contribution in [0.25, 0.3) is 22.5 Å². The summed E-state index contributed by atoms with van der Waals surface area (Å²) in [4.78, 5) is 18.3. The molecule has 1 aliphatic carbocycles. The molecule has 0 bridgehead atoms. The number of hydrogen-bond acceptors (Lipinski definition) is 6.